The normalized spacial score (nSPS) is 12.0. The molecule has 0 unspecified atom stereocenters. The van der Waals surface area contributed by atoms with Gasteiger partial charge in [0.1, 0.15) is 5.75 Å². The Bertz CT molecular complexity index is 725. The third-order valence-electron chi connectivity index (χ3n) is 3.67. The molecule has 0 saturated carbocycles. The first-order valence-corrected chi connectivity index (χ1v) is 12.4. The minimum absolute atomic E-state index is 0. The van der Waals surface area contributed by atoms with Gasteiger partial charge in [0.05, 0.1) is 12.4 Å². The third-order valence-corrected chi connectivity index (χ3v) is 4.40. The van der Waals surface area contributed by atoms with E-state index < -0.39 is 10.0 Å². The second-order valence-electron chi connectivity index (χ2n) is 7.82. The highest BCUT2D eigenvalue weighted by molar-refractivity contribution is 14.0. The molecule has 10 heteroatoms. The number of guanidine groups is 1. The van der Waals surface area contributed by atoms with Gasteiger partial charge in [-0.25, -0.2) is 13.1 Å². The second-order valence-corrected chi connectivity index (χ2v) is 9.65. The van der Waals surface area contributed by atoms with Gasteiger partial charge in [0.15, 0.2) is 5.96 Å². The summed E-state index contributed by atoms with van der Waals surface area (Å²) in [5, 5.41) is 6.52. The largest absolute Gasteiger partial charge is 0.491 e. The van der Waals surface area contributed by atoms with Crippen LogP contribution in [0.1, 0.15) is 40.5 Å². The van der Waals surface area contributed by atoms with Gasteiger partial charge in [0.2, 0.25) is 10.0 Å². The van der Waals surface area contributed by atoms with E-state index >= 15 is 0 Å². The van der Waals surface area contributed by atoms with Crippen LogP contribution in [0.4, 0.5) is 5.69 Å². The maximum Gasteiger partial charge on any atom is 0.208 e. The molecule has 1 aromatic rings. The molecule has 180 valence electrons. The van der Waals surface area contributed by atoms with Crippen LogP contribution in [0, 0.1) is 5.92 Å². The van der Waals surface area contributed by atoms with Crippen LogP contribution < -0.4 is 20.1 Å². The Morgan fingerprint density at radius 1 is 1.06 bits per heavy atom. The lowest BCUT2D eigenvalue weighted by Gasteiger charge is -2.14. The predicted molar refractivity (Wildman–Crippen MR) is 139 cm³/mol. The summed E-state index contributed by atoms with van der Waals surface area (Å²) >= 11 is 0. The van der Waals surface area contributed by atoms with Gasteiger partial charge in [-0.2, -0.15) is 0 Å². The summed E-state index contributed by atoms with van der Waals surface area (Å²) < 4.78 is 36.0. The van der Waals surface area contributed by atoms with Crippen molar-refractivity contribution >= 4 is 45.6 Å². The fourth-order valence-corrected chi connectivity index (χ4v) is 2.91. The van der Waals surface area contributed by atoms with E-state index in [0.717, 1.165) is 30.7 Å². The van der Waals surface area contributed by atoms with E-state index in [0.29, 0.717) is 44.5 Å². The average Bonchev–Trinajstić information content (AvgIpc) is 2.64. The quantitative estimate of drug-likeness (QED) is 0.137. The van der Waals surface area contributed by atoms with Crippen LogP contribution in [0.25, 0.3) is 0 Å². The number of aliphatic imine (C=N–C) groups is 1. The predicted octanol–water partition coefficient (Wildman–Crippen LogP) is 3.45. The number of rotatable bonds is 14. The Hall–Kier alpha value is -1.11. The van der Waals surface area contributed by atoms with Crippen molar-refractivity contribution in [2.75, 3.05) is 44.4 Å². The van der Waals surface area contributed by atoms with E-state index in [9.17, 15) is 8.42 Å². The summed E-state index contributed by atoms with van der Waals surface area (Å²) in [6.07, 6.45) is 2.76. The van der Waals surface area contributed by atoms with Crippen LogP contribution in [-0.2, 0) is 14.8 Å². The Kier molecular flexibility index (Phi) is 15.9. The summed E-state index contributed by atoms with van der Waals surface area (Å²) in [6, 6.07) is 7.70. The van der Waals surface area contributed by atoms with E-state index in [1.165, 1.54) is 0 Å². The monoisotopic (exact) mass is 570 g/mol. The topological polar surface area (TPSA) is 101 Å². The van der Waals surface area contributed by atoms with Crippen molar-refractivity contribution in [3.63, 3.8) is 0 Å². The highest BCUT2D eigenvalue weighted by Crippen LogP contribution is 2.16. The summed E-state index contributed by atoms with van der Waals surface area (Å²) in [7, 11) is -3.16. The first-order chi connectivity index (χ1) is 14.2. The van der Waals surface area contributed by atoms with Crippen molar-refractivity contribution in [2.45, 2.75) is 46.6 Å². The zero-order valence-electron chi connectivity index (χ0n) is 19.3. The van der Waals surface area contributed by atoms with Crippen molar-refractivity contribution in [1.29, 1.82) is 0 Å². The molecule has 0 radical (unpaired) electrons. The summed E-state index contributed by atoms with van der Waals surface area (Å²) in [6.45, 7) is 11.3. The molecule has 0 heterocycles. The molecule has 1 aromatic carbocycles. The number of benzene rings is 1. The van der Waals surface area contributed by atoms with Gasteiger partial charge in [0, 0.05) is 38.5 Å². The lowest BCUT2D eigenvalue weighted by Crippen LogP contribution is -2.34. The van der Waals surface area contributed by atoms with Crippen LogP contribution in [0.5, 0.6) is 5.75 Å². The van der Waals surface area contributed by atoms with Gasteiger partial charge in [-0.05, 0) is 56.9 Å². The molecule has 0 bridgehead atoms. The standard InChI is InChI=1S/C21H38N4O4S.HI/c1-17(2)16-28-15-7-13-23-21(22-12-6-14-24-30(5,26)27)25-19-8-10-20(11-9-19)29-18(3)4;/h8-11,17-18,24H,6-7,12-16H2,1-5H3,(H2,22,23,25);1H. The third kappa shape index (κ3) is 17.2. The molecule has 0 fully saturated rings. The Labute approximate surface area is 205 Å². The molecule has 0 aliphatic carbocycles. The minimum atomic E-state index is -3.16. The highest BCUT2D eigenvalue weighted by atomic mass is 127. The molecule has 1 rings (SSSR count). The average molecular weight is 571 g/mol. The molecule has 0 aliphatic heterocycles. The number of nitrogens with one attached hydrogen (secondary N) is 3. The molecule has 0 aromatic heterocycles. The van der Waals surface area contributed by atoms with Crippen LogP contribution in [0.3, 0.4) is 0 Å². The zero-order chi connectivity index (χ0) is 22.4. The van der Waals surface area contributed by atoms with Gasteiger partial charge < -0.3 is 20.1 Å². The Balaban J connectivity index is 0.00000900. The van der Waals surface area contributed by atoms with Crippen molar-refractivity contribution in [1.82, 2.24) is 10.0 Å². The van der Waals surface area contributed by atoms with Crippen LogP contribution in [0.2, 0.25) is 0 Å². The molecule has 0 atom stereocenters. The summed E-state index contributed by atoms with van der Waals surface area (Å²) in [4.78, 5) is 4.60. The number of hydrogen-bond donors (Lipinski definition) is 3. The van der Waals surface area contributed by atoms with Gasteiger partial charge in [-0.15, -0.1) is 24.0 Å². The lowest BCUT2D eigenvalue weighted by atomic mass is 10.2. The van der Waals surface area contributed by atoms with Crippen molar-refractivity contribution in [3.05, 3.63) is 24.3 Å². The Morgan fingerprint density at radius 2 is 1.74 bits per heavy atom. The fourth-order valence-electron chi connectivity index (χ4n) is 2.39. The first-order valence-electron chi connectivity index (χ1n) is 10.5. The number of nitrogens with zero attached hydrogens (tertiary/aromatic N) is 1. The number of halogens is 1. The lowest BCUT2D eigenvalue weighted by molar-refractivity contribution is 0.109. The van der Waals surface area contributed by atoms with E-state index in [-0.39, 0.29) is 30.1 Å². The highest BCUT2D eigenvalue weighted by Gasteiger charge is 2.04. The fraction of sp³-hybridized carbons (Fsp3) is 0.667. The molecular weight excluding hydrogens is 531 g/mol. The van der Waals surface area contributed by atoms with Crippen molar-refractivity contribution in [2.24, 2.45) is 10.9 Å². The van der Waals surface area contributed by atoms with Crippen LogP contribution in [0.15, 0.2) is 29.3 Å². The molecule has 0 aliphatic rings. The summed E-state index contributed by atoms with van der Waals surface area (Å²) in [5.41, 5.74) is 0.891. The zero-order valence-corrected chi connectivity index (χ0v) is 22.5. The maximum absolute atomic E-state index is 11.1. The number of ether oxygens (including phenoxy) is 2. The minimum Gasteiger partial charge on any atom is -0.491 e. The number of anilines is 1. The van der Waals surface area contributed by atoms with E-state index in [1.807, 2.05) is 38.1 Å². The van der Waals surface area contributed by atoms with Gasteiger partial charge in [-0.1, -0.05) is 13.8 Å². The van der Waals surface area contributed by atoms with Crippen molar-refractivity contribution in [3.8, 4) is 5.75 Å². The first kappa shape index (κ1) is 29.9. The second kappa shape index (κ2) is 16.5. The van der Waals surface area contributed by atoms with Crippen LogP contribution >= 0.6 is 24.0 Å². The van der Waals surface area contributed by atoms with E-state index in [2.05, 4.69) is 34.2 Å². The van der Waals surface area contributed by atoms with Gasteiger partial charge in [0.25, 0.3) is 0 Å². The maximum atomic E-state index is 11.1. The molecule has 0 saturated heterocycles. The molecule has 0 amide bonds. The molecule has 8 nitrogen and oxygen atoms in total. The van der Waals surface area contributed by atoms with E-state index in [1.54, 1.807) is 0 Å². The Morgan fingerprint density at radius 3 is 2.32 bits per heavy atom. The van der Waals surface area contributed by atoms with Crippen molar-refractivity contribution < 1.29 is 17.9 Å². The number of sulfonamides is 1. The summed E-state index contributed by atoms with van der Waals surface area (Å²) in [5.74, 6) is 1.99. The molecule has 31 heavy (non-hydrogen) atoms. The molecule has 3 N–H and O–H groups in total. The van der Waals surface area contributed by atoms with E-state index in [4.69, 9.17) is 9.47 Å². The van der Waals surface area contributed by atoms with Gasteiger partial charge >= 0.3 is 0 Å². The molecular formula is C21H39IN4O4S. The van der Waals surface area contributed by atoms with Crippen LogP contribution in [-0.4, -0.2) is 59.6 Å². The number of hydrogen-bond acceptors (Lipinski definition) is 5. The molecule has 0 spiro atoms. The van der Waals surface area contributed by atoms with Gasteiger partial charge in [-0.3, -0.25) is 4.99 Å². The SMILES string of the molecule is CC(C)COCCCN=C(NCCCNS(C)(=O)=O)Nc1ccc(OC(C)C)cc1.I. The smallest absolute Gasteiger partial charge is 0.208 e.